The molecule has 4 nitrogen and oxygen atoms in total. The van der Waals surface area contributed by atoms with E-state index in [4.69, 9.17) is 0 Å². The monoisotopic (exact) mass is 332 g/mol. The second kappa shape index (κ2) is 7.34. The molecular formula is C21H24N4. The van der Waals surface area contributed by atoms with Crippen molar-refractivity contribution in [3.63, 3.8) is 0 Å². The van der Waals surface area contributed by atoms with Crippen molar-refractivity contribution < 1.29 is 0 Å². The molecule has 3 rings (SSSR count). The lowest BCUT2D eigenvalue weighted by Crippen LogP contribution is -2.13. The number of rotatable bonds is 5. The fourth-order valence-corrected chi connectivity index (χ4v) is 2.79. The maximum absolute atomic E-state index is 4.66. The predicted octanol–water partition coefficient (Wildman–Crippen LogP) is 5.32. The molecule has 0 bridgehead atoms. The number of aryl methyl sites for hydroxylation is 2. The Bertz CT molecular complexity index is 837. The topological polar surface area (TPSA) is 49.8 Å². The van der Waals surface area contributed by atoms with E-state index < -0.39 is 0 Å². The smallest absolute Gasteiger partial charge is 0.225 e. The highest BCUT2D eigenvalue weighted by Crippen LogP contribution is 2.24. The molecule has 0 amide bonds. The van der Waals surface area contributed by atoms with E-state index in [2.05, 4.69) is 78.6 Å². The van der Waals surface area contributed by atoms with E-state index >= 15 is 0 Å². The zero-order valence-electron chi connectivity index (χ0n) is 15.2. The van der Waals surface area contributed by atoms with Gasteiger partial charge >= 0.3 is 0 Å². The number of nitrogens with one attached hydrogen (secondary N) is 2. The zero-order valence-corrected chi connectivity index (χ0v) is 15.2. The van der Waals surface area contributed by atoms with Gasteiger partial charge in [-0.05, 0) is 51.0 Å². The maximum Gasteiger partial charge on any atom is 0.225 e. The van der Waals surface area contributed by atoms with Gasteiger partial charge in [0.1, 0.15) is 5.82 Å². The molecule has 1 heterocycles. The van der Waals surface area contributed by atoms with E-state index in [-0.39, 0.29) is 6.04 Å². The summed E-state index contributed by atoms with van der Waals surface area (Å²) in [6.45, 7) is 8.35. The number of benzene rings is 2. The molecule has 0 aliphatic rings. The van der Waals surface area contributed by atoms with Crippen LogP contribution in [0.2, 0.25) is 0 Å². The fourth-order valence-electron chi connectivity index (χ4n) is 2.79. The van der Waals surface area contributed by atoms with Crippen molar-refractivity contribution in [1.82, 2.24) is 9.97 Å². The Hall–Kier alpha value is -2.88. The third-order valence-corrected chi connectivity index (χ3v) is 3.71. The van der Waals surface area contributed by atoms with Crippen LogP contribution in [-0.2, 0) is 0 Å². The molecule has 0 fully saturated rings. The number of hydrogen-bond donors (Lipinski definition) is 2. The van der Waals surface area contributed by atoms with Crippen molar-refractivity contribution in [2.75, 3.05) is 10.6 Å². The normalized spacial score (nSPS) is 10.8. The second-order valence-electron chi connectivity index (χ2n) is 6.63. The first-order valence-corrected chi connectivity index (χ1v) is 8.56. The first-order chi connectivity index (χ1) is 12.0. The highest BCUT2D eigenvalue weighted by atomic mass is 15.2. The van der Waals surface area contributed by atoms with E-state index in [1.54, 1.807) is 0 Å². The van der Waals surface area contributed by atoms with E-state index in [1.165, 1.54) is 11.1 Å². The van der Waals surface area contributed by atoms with Gasteiger partial charge in [0.05, 0.1) is 5.69 Å². The molecule has 4 heteroatoms. The van der Waals surface area contributed by atoms with Crippen molar-refractivity contribution in [3.8, 4) is 11.3 Å². The van der Waals surface area contributed by atoms with Crippen molar-refractivity contribution in [3.05, 3.63) is 65.7 Å². The lowest BCUT2D eigenvalue weighted by atomic mass is 10.1. The van der Waals surface area contributed by atoms with Crippen molar-refractivity contribution >= 4 is 17.5 Å². The van der Waals surface area contributed by atoms with E-state index in [9.17, 15) is 0 Å². The molecule has 128 valence electrons. The summed E-state index contributed by atoms with van der Waals surface area (Å²) in [6, 6.07) is 18.8. The number of anilines is 3. The lowest BCUT2D eigenvalue weighted by Gasteiger charge is -2.14. The van der Waals surface area contributed by atoms with Crippen LogP contribution < -0.4 is 10.6 Å². The van der Waals surface area contributed by atoms with Gasteiger partial charge in [-0.3, -0.25) is 0 Å². The summed E-state index contributed by atoms with van der Waals surface area (Å²) < 4.78 is 0. The van der Waals surface area contributed by atoms with Crippen LogP contribution in [0, 0.1) is 13.8 Å². The highest BCUT2D eigenvalue weighted by Gasteiger charge is 2.08. The van der Waals surface area contributed by atoms with Gasteiger partial charge in [0.25, 0.3) is 0 Å². The fraction of sp³-hybridized carbons (Fsp3) is 0.238. The van der Waals surface area contributed by atoms with Gasteiger partial charge in [0.2, 0.25) is 5.95 Å². The van der Waals surface area contributed by atoms with Gasteiger partial charge in [-0.25, -0.2) is 4.98 Å². The average molecular weight is 332 g/mol. The molecule has 0 spiro atoms. The quantitative estimate of drug-likeness (QED) is 0.663. The third-order valence-electron chi connectivity index (χ3n) is 3.71. The van der Waals surface area contributed by atoms with Gasteiger partial charge < -0.3 is 10.6 Å². The van der Waals surface area contributed by atoms with Crippen molar-refractivity contribution in [2.24, 2.45) is 0 Å². The van der Waals surface area contributed by atoms with Gasteiger partial charge in [0.15, 0.2) is 0 Å². The molecule has 25 heavy (non-hydrogen) atoms. The van der Waals surface area contributed by atoms with Crippen LogP contribution in [0.4, 0.5) is 17.5 Å². The molecule has 0 unspecified atom stereocenters. The zero-order chi connectivity index (χ0) is 17.8. The second-order valence-corrected chi connectivity index (χ2v) is 6.63. The highest BCUT2D eigenvalue weighted by molar-refractivity contribution is 5.67. The van der Waals surface area contributed by atoms with Crippen molar-refractivity contribution in [2.45, 2.75) is 33.7 Å². The summed E-state index contributed by atoms with van der Waals surface area (Å²) in [4.78, 5) is 9.28. The van der Waals surface area contributed by atoms with Gasteiger partial charge in [-0.2, -0.15) is 4.98 Å². The lowest BCUT2D eigenvalue weighted by molar-refractivity contribution is 0.876. The number of hydrogen-bond acceptors (Lipinski definition) is 4. The SMILES string of the molecule is Cc1cc(C)cc(Nc2cc(-c3ccccc3)nc(NC(C)C)n2)c1. The molecule has 0 aliphatic carbocycles. The van der Waals surface area contributed by atoms with Gasteiger partial charge in [-0.15, -0.1) is 0 Å². The van der Waals surface area contributed by atoms with Crippen LogP contribution in [0.25, 0.3) is 11.3 Å². The van der Waals surface area contributed by atoms with E-state index in [1.807, 2.05) is 24.3 Å². The van der Waals surface area contributed by atoms with Crippen molar-refractivity contribution in [1.29, 1.82) is 0 Å². The Balaban J connectivity index is 1.99. The standard InChI is InChI=1S/C21H24N4/c1-14(2)22-21-24-19(17-8-6-5-7-9-17)13-20(25-21)23-18-11-15(3)10-16(4)12-18/h5-14H,1-4H3,(H2,22,23,24,25). The van der Waals surface area contributed by atoms with Crippen LogP contribution >= 0.6 is 0 Å². The summed E-state index contributed by atoms with van der Waals surface area (Å²) >= 11 is 0. The molecule has 0 saturated carbocycles. The van der Waals surface area contributed by atoms with Crippen LogP contribution in [-0.4, -0.2) is 16.0 Å². The largest absolute Gasteiger partial charge is 0.352 e. The predicted molar refractivity (Wildman–Crippen MR) is 105 cm³/mol. The number of aromatic nitrogens is 2. The third kappa shape index (κ3) is 4.57. The molecule has 2 N–H and O–H groups in total. The van der Waals surface area contributed by atoms with E-state index in [0.717, 1.165) is 22.8 Å². The minimum atomic E-state index is 0.264. The molecule has 0 saturated heterocycles. The number of nitrogens with zero attached hydrogens (tertiary/aromatic N) is 2. The Labute approximate surface area is 149 Å². The van der Waals surface area contributed by atoms with E-state index in [0.29, 0.717) is 5.95 Å². The first kappa shape index (κ1) is 17.0. The van der Waals surface area contributed by atoms with Gasteiger partial charge in [0, 0.05) is 23.4 Å². The Morgan fingerprint density at radius 3 is 2.16 bits per heavy atom. The first-order valence-electron chi connectivity index (χ1n) is 8.56. The molecule has 0 radical (unpaired) electrons. The molecule has 3 aromatic rings. The summed E-state index contributed by atoms with van der Waals surface area (Å²) in [5, 5.41) is 6.72. The Morgan fingerprint density at radius 2 is 1.52 bits per heavy atom. The minimum absolute atomic E-state index is 0.264. The van der Waals surface area contributed by atoms with Crippen LogP contribution in [0.5, 0.6) is 0 Å². The van der Waals surface area contributed by atoms with Crippen LogP contribution in [0.3, 0.4) is 0 Å². The molecule has 1 aromatic heterocycles. The Kier molecular flexibility index (Phi) is 4.98. The summed E-state index contributed by atoms with van der Waals surface area (Å²) in [5.74, 6) is 1.41. The summed E-state index contributed by atoms with van der Waals surface area (Å²) in [6.07, 6.45) is 0. The van der Waals surface area contributed by atoms with Crippen LogP contribution in [0.15, 0.2) is 54.6 Å². The van der Waals surface area contributed by atoms with Gasteiger partial charge in [-0.1, -0.05) is 36.4 Å². The average Bonchev–Trinajstić information content (AvgIpc) is 2.54. The Morgan fingerprint density at radius 1 is 0.840 bits per heavy atom. The molecule has 0 atom stereocenters. The molecule has 0 aliphatic heterocycles. The maximum atomic E-state index is 4.66. The summed E-state index contributed by atoms with van der Waals surface area (Å²) in [5.41, 5.74) is 5.44. The summed E-state index contributed by atoms with van der Waals surface area (Å²) in [7, 11) is 0. The van der Waals surface area contributed by atoms with Crippen LogP contribution in [0.1, 0.15) is 25.0 Å². The molecule has 2 aromatic carbocycles. The minimum Gasteiger partial charge on any atom is -0.352 e. The molecular weight excluding hydrogens is 308 g/mol.